The molecule has 110 valence electrons. The van der Waals surface area contributed by atoms with Gasteiger partial charge in [-0.1, -0.05) is 42.5 Å². The van der Waals surface area contributed by atoms with Crippen molar-refractivity contribution in [3.63, 3.8) is 0 Å². The fraction of sp³-hybridized carbons (Fsp3) is 0.562. The van der Waals surface area contributed by atoms with Crippen molar-refractivity contribution in [1.29, 1.82) is 0 Å². The van der Waals surface area contributed by atoms with Crippen molar-refractivity contribution in [3.8, 4) is 0 Å². The van der Waals surface area contributed by atoms with E-state index in [-0.39, 0.29) is 5.78 Å². The summed E-state index contributed by atoms with van der Waals surface area (Å²) in [6.45, 7) is 2.45. The molecule has 1 aromatic carbocycles. The summed E-state index contributed by atoms with van der Waals surface area (Å²) >= 11 is 12.1. The predicted molar refractivity (Wildman–Crippen MR) is 82.8 cm³/mol. The molecule has 1 saturated carbocycles. The van der Waals surface area contributed by atoms with Crippen LogP contribution < -0.4 is 0 Å². The van der Waals surface area contributed by atoms with Crippen molar-refractivity contribution < 1.29 is 9.53 Å². The van der Waals surface area contributed by atoms with Crippen LogP contribution in [0.5, 0.6) is 0 Å². The van der Waals surface area contributed by atoms with E-state index in [2.05, 4.69) is 0 Å². The van der Waals surface area contributed by atoms with Gasteiger partial charge < -0.3 is 4.74 Å². The zero-order chi connectivity index (χ0) is 14.5. The third kappa shape index (κ3) is 3.75. The third-order valence-corrected chi connectivity index (χ3v) is 4.44. The van der Waals surface area contributed by atoms with Gasteiger partial charge in [-0.05, 0) is 43.9 Å². The molecule has 1 aliphatic carbocycles. The Hall–Kier alpha value is -0.570. The van der Waals surface area contributed by atoms with Crippen LogP contribution in [0.1, 0.15) is 49.4 Å². The highest BCUT2D eigenvalue weighted by molar-refractivity contribution is 6.36. The van der Waals surface area contributed by atoms with Crippen LogP contribution in [0.2, 0.25) is 10.0 Å². The van der Waals surface area contributed by atoms with Gasteiger partial charge in [0.25, 0.3) is 0 Å². The van der Waals surface area contributed by atoms with Crippen molar-refractivity contribution in [1.82, 2.24) is 0 Å². The Morgan fingerprint density at radius 2 is 2.00 bits per heavy atom. The summed E-state index contributed by atoms with van der Waals surface area (Å²) in [4.78, 5) is 12.7. The van der Waals surface area contributed by atoms with Crippen molar-refractivity contribution in [3.05, 3.63) is 33.8 Å². The molecule has 20 heavy (non-hydrogen) atoms. The fourth-order valence-electron chi connectivity index (χ4n) is 2.88. The highest BCUT2D eigenvalue weighted by Crippen LogP contribution is 2.31. The Bertz CT molecular complexity index is 468. The molecule has 2 nitrogen and oxygen atoms in total. The van der Waals surface area contributed by atoms with Crippen LogP contribution in [0, 0.1) is 5.92 Å². The van der Waals surface area contributed by atoms with E-state index in [1.807, 2.05) is 6.92 Å². The molecule has 0 aromatic heterocycles. The van der Waals surface area contributed by atoms with Gasteiger partial charge in [-0.3, -0.25) is 4.79 Å². The first kappa shape index (κ1) is 15.8. The second-order valence-electron chi connectivity index (χ2n) is 5.26. The van der Waals surface area contributed by atoms with E-state index < -0.39 is 6.10 Å². The van der Waals surface area contributed by atoms with Crippen LogP contribution >= 0.6 is 23.2 Å². The van der Waals surface area contributed by atoms with E-state index in [1.165, 1.54) is 19.3 Å². The Labute approximate surface area is 130 Å². The van der Waals surface area contributed by atoms with Gasteiger partial charge in [0.1, 0.15) is 6.10 Å². The first-order valence-corrected chi connectivity index (χ1v) is 8.00. The number of carbonyl (C=O) groups is 1. The number of benzene rings is 1. The maximum Gasteiger partial charge on any atom is 0.193 e. The molecule has 0 saturated heterocycles. The largest absolute Gasteiger partial charge is 0.370 e. The summed E-state index contributed by atoms with van der Waals surface area (Å²) in [6.07, 6.45) is 5.30. The summed E-state index contributed by atoms with van der Waals surface area (Å²) in [5.74, 6) is 0.262. The molecule has 1 fully saturated rings. The monoisotopic (exact) mass is 314 g/mol. The highest BCUT2D eigenvalue weighted by atomic mass is 35.5. The first-order chi connectivity index (χ1) is 9.63. The van der Waals surface area contributed by atoms with Crippen LogP contribution in [-0.4, -0.2) is 18.5 Å². The molecule has 2 rings (SSSR count). The lowest BCUT2D eigenvalue weighted by Gasteiger charge is -2.29. The van der Waals surface area contributed by atoms with Crippen LogP contribution in [0.25, 0.3) is 0 Å². The molecule has 0 radical (unpaired) electrons. The lowest BCUT2D eigenvalue weighted by atomic mass is 9.82. The van der Waals surface area contributed by atoms with Crippen molar-refractivity contribution >= 4 is 29.0 Å². The number of hydrogen-bond acceptors (Lipinski definition) is 2. The molecule has 0 N–H and O–H groups in total. The van der Waals surface area contributed by atoms with E-state index >= 15 is 0 Å². The van der Waals surface area contributed by atoms with Gasteiger partial charge in [0.15, 0.2) is 5.78 Å². The quantitative estimate of drug-likeness (QED) is 0.701. The van der Waals surface area contributed by atoms with Gasteiger partial charge in [-0.15, -0.1) is 0 Å². The number of halogens is 2. The summed E-state index contributed by atoms with van der Waals surface area (Å²) in [7, 11) is 0. The van der Waals surface area contributed by atoms with Crippen LogP contribution in [0.15, 0.2) is 18.2 Å². The average Bonchev–Trinajstić information content (AvgIpc) is 2.47. The van der Waals surface area contributed by atoms with E-state index in [9.17, 15) is 4.79 Å². The smallest absolute Gasteiger partial charge is 0.193 e. The van der Waals surface area contributed by atoms with Crippen LogP contribution in [0.4, 0.5) is 0 Å². The molecule has 0 spiro atoms. The number of rotatable bonds is 5. The van der Waals surface area contributed by atoms with Crippen molar-refractivity contribution in [2.24, 2.45) is 5.92 Å². The minimum absolute atomic E-state index is 0.0359. The standard InChI is InChI=1S/C16H20Cl2O2/c1-2-20-16(11-6-4-3-5-7-11)15(19)13-10-12(17)8-9-14(13)18/h8-11,16H,2-7H2,1H3. The van der Waals surface area contributed by atoms with E-state index in [4.69, 9.17) is 27.9 Å². The van der Waals surface area contributed by atoms with Gasteiger partial charge in [-0.2, -0.15) is 0 Å². The summed E-state index contributed by atoms with van der Waals surface area (Å²) in [5, 5.41) is 0.969. The van der Waals surface area contributed by atoms with E-state index in [0.717, 1.165) is 12.8 Å². The van der Waals surface area contributed by atoms with Gasteiger partial charge in [0, 0.05) is 17.2 Å². The molecule has 0 heterocycles. The molecular formula is C16H20Cl2O2. The zero-order valence-electron chi connectivity index (χ0n) is 11.7. The number of ether oxygens (including phenoxy) is 1. The predicted octanol–water partition coefficient (Wildman–Crippen LogP) is 5.16. The SMILES string of the molecule is CCOC(C(=O)c1cc(Cl)ccc1Cl)C1CCCCC1. The van der Waals surface area contributed by atoms with Crippen LogP contribution in [-0.2, 0) is 4.74 Å². The number of ketones is 1. The van der Waals surface area contributed by atoms with Crippen molar-refractivity contribution in [2.75, 3.05) is 6.61 Å². The van der Waals surface area contributed by atoms with E-state index in [0.29, 0.717) is 28.1 Å². The van der Waals surface area contributed by atoms with E-state index in [1.54, 1.807) is 18.2 Å². The Balaban J connectivity index is 2.23. The maximum atomic E-state index is 12.7. The number of carbonyl (C=O) groups excluding carboxylic acids is 1. The Morgan fingerprint density at radius 1 is 1.30 bits per heavy atom. The fourth-order valence-corrected chi connectivity index (χ4v) is 3.26. The van der Waals surface area contributed by atoms with Crippen molar-refractivity contribution in [2.45, 2.75) is 45.1 Å². The number of Topliss-reactive ketones (excluding diaryl/α,β-unsaturated/α-hetero) is 1. The highest BCUT2D eigenvalue weighted by Gasteiger charge is 2.31. The molecule has 1 aromatic rings. The topological polar surface area (TPSA) is 26.3 Å². The Kier molecular flexibility index (Phi) is 5.88. The maximum absolute atomic E-state index is 12.7. The first-order valence-electron chi connectivity index (χ1n) is 7.24. The second-order valence-corrected chi connectivity index (χ2v) is 6.11. The summed E-state index contributed by atoms with van der Waals surface area (Å²) < 4.78 is 5.74. The van der Waals surface area contributed by atoms with Gasteiger partial charge in [0.2, 0.25) is 0 Å². The molecule has 1 unspecified atom stereocenters. The molecular weight excluding hydrogens is 295 g/mol. The van der Waals surface area contributed by atoms with Crippen LogP contribution in [0.3, 0.4) is 0 Å². The third-order valence-electron chi connectivity index (χ3n) is 3.88. The molecule has 1 atom stereocenters. The molecule has 0 aliphatic heterocycles. The van der Waals surface area contributed by atoms with Gasteiger partial charge in [0.05, 0.1) is 5.02 Å². The minimum Gasteiger partial charge on any atom is -0.370 e. The lowest BCUT2D eigenvalue weighted by molar-refractivity contribution is 0.0127. The normalized spacial score (nSPS) is 17.9. The second kappa shape index (κ2) is 7.44. The summed E-state index contributed by atoms with van der Waals surface area (Å²) in [6, 6.07) is 5.00. The Morgan fingerprint density at radius 3 is 2.65 bits per heavy atom. The molecule has 1 aliphatic rings. The molecule has 0 amide bonds. The zero-order valence-corrected chi connectivity index (χ0v) is 13.2. The lowest BCUT2D eigenvalue weighted by Crippen LogP contribution is -2.34. The van der Waals surface area contributed by atoms with Gasteiger partial charge >= 0.3 is 0 Å². The molecule has 4 heteroatoms. The number of hydrogen-bond donors (Lipinski definition) is 0. The van der Waals surface area contributed by atoms with Gasteiger partial charge in [-0.25, -0.2) is 0 Å². The molecule has 0 bridgehead atoms. The average molecular weight is 315 g/mol. The minimum atomic E-state index is -0.392. The summed E-state index contributed by atoms with van der Waals surface area (Å²) in [5.41, 5.74) is 0.475.